The number of hydrogen-bond acceptors (Lipinski definition) is 4. The molecule has 0 saturated heterocycles. The lowest BCUT2D eigenvalue weighted by Crippen LogP contribution is -2.47. The number of carbonyl (C=O) groups excluding carboxylic acids is 1. The number of hydrazone groups is 1. The number of hydrogen-bond donors (Lipinski definition) is 1. The molecule has 4 bridgehead atoms. The standard InChI is InChI=1S/C23H32N2O3/c1-3-6-28-20-5-4-16(10-21(20)27-2)15-24-25-22(26)14-23-11-17-7-18(12-23)9-19(8-17)13-23/h4-5,10,15,17-19H,3,6-9,11-14H2,1-2H3,(H,25,26). The number of amides is 1. The lowest BCUT2D eigenvalue weighted by molar-refractivity contribution is -0.129. The first-order valence-electron chi connectivity index (χ1n) is 10.7. The third kappa shape index (κ3) is 4.18. The third-order valence-electron chi connectivity index (χ3n) is 6.75. The van der Waals surface area contributed by atoms with Gasteiger partial charge in [0.1, 0.15) is 0 Å². The second-order valence-corrected chi connectivity index (χ2v) is 9.15. The molecule has 0 heterocycles. The molecule has 1 aromatic rings. The topological polar surface area (TPSA) is 59.9 Å². The van der Waals surface area contributed by atoms with Crippen molar-refractivity contribution in [3.63, 3.8) is 0 Å². The van der Waals surface area contributed by atoms with Gasteiger partial charge < -0.3 is 9.47 Å². The van der Waals surface area contributed by atoms with Crippen LogP contribution in [0, 0.1) is 23.2 Å². The zero-order valence-electron chi connectivity index (χ0n) is 17.1. The van der Waals surface area contributed by atoms with Crippen LogP contribution in [0.4, 0.5) is 0 Å². The quantitative estimate of drug-likeness (QED) is 0.529. The first-order valence-corrected chi connectivity index (χ1v) is 10.7. The Morgan fingerprint density at radius 3 is 2.46 bits per heavy atom. The fraction of sp³-hybridized carbons (Fsp3) is 0.652. The molecule has 0 radical (unpaired) electrons. The second kappa shape index (κ2) is 8.14. The summed E-state index contributed by atoms with van der Waals surface area (Å²) in [6, 6.07) is 5.68. The summed E-state index contributed by atoms with van der Waals surface area (Å²) in [5.41, 5.74) is 3.87. The largest absolute Gasteiger partial charge is 0.493 e. The highest BCUT2D eigenvalue weighted by Gasteiger charge is 2.51. The molecule has 4 fully saturated rings. The van der Waals surface area contributed by atoms with Crippen molar-refractivity contribution in [3.05, 3.63) is 23.8 Å². The Morgan fingerprint density at radius 2 is 1.86 bits per heavy atom. The zero-order chi connectivity index (χ0) is 19.6. The Morgan fingerprint density at radius 1 is 1.18 bits per heavy atom. The van der Waals surface area contributed by atoms with Crippen LogP contribution in [0.5, 0.6) is 11.5 Å². The number of nitrogens with one attached hydrogen (secondary N) is 1. The summed E-state index contributed by atoms with van der Waals surface area (Å²) in [7, 11) is 1.63. The van der Waals surface area contributed by atoms with Crippen LogP contribution in [0.25, 0.3) is 0 Å². The fourth-order valence-corrected chi connectivity index (χ4v) is 6.16. The first-order chi connectivity index (χ1) is 13.6. The number of rotatable bonds is 8. The van der Waals surface area contributed by atoms with Crippen molar-refractivity contribution in [2.24, 2.45) is 28.3 Å². The van der Waals surface area contributed by atoms with Gasteiger partial charge in [-0.05, 0) is 91.9 Å². The molecule has 152 valence electrons. The molecule has 4 aliphatic rings. The monoisotopic (exact) mass is 384 g/mol. The summed E-state index contributed by atoms with van der Waals surface area (Å²) in [5, 5.41) is 4.19. The van der Waals surface area contributed by atoms with Crippen LogP contribution in [0.3, 0.4) is 0 Å². The molecule has 0 atom stereocenters. The summed E-state index contributed by atoms with van der Waals surface area (Å²) in [6.07, 6.45) is 11.2. The van der Waals surface area contributed by atoms with Crippen LogP contribution in [0.15, 0.2) is 23.3 Å². The highest BCUT2D eigenvalue weighted by atomic mass is 16.5. The van der Waals surface area contributed by atoms with Gasteiger partial charge in [-0.15, -0.1) is 0 Å². The van der Waals surface area contributed by atoms with Crippen molar-refractivity contribution in [3.8, 4) is 11.5 Å². The summed E-state index contributed by atoms with van der Waals surface area (Å²) in [5.74, 6) is 4.05. The number of nitrogens with zero attached hydrogens (tertiary/aromatic N) is 1. The highest BCUT2D eigenvalue weighted by molar-refractivity contribution is 5.83. The van der Waals surface area contributed by atoms with Gasteiger partial charge >= 0.3 is 0 Å². The van der Waals surface area contributed by atoms with E-state index in [-0.39, 0.29) is 11.3 Å². The smallest absolute Gasteiger partial charge is 0.240 e. The molecule has 5 nitrogen and oxygen atoms in total. The Bertz CT molecular complexity index is 708. The molecule has 1 N–H and O–H groups in total. The third-order valence-corrected chi connectivity index (χ3v) is 6.75. The first kappa shape index (κ1) is 19.3. The van der Waals surface area contributed by atoms with Crippen molar-refractivity contribution < 1.29 is 14.3 Å². The van der Waals surface area contributed by atoms with E-state index in [0.29, 0.717) is 18.8 Å². The second-order valence-electron chi connectivity index (χ2n) is 9.15. The van der Waals surface area contributed by atoms with E-state index in [9.17, 15) is 4.79 Å². The van der Waals surface area contributed by atoms with Crippen molar-refractivity contribution in [1.29, 1.82) is 0 Å². The van der Waals surface area contributed by atoms with Gasteiger partial charge in [0.2, 0.25) is 5.91 Å². The normalized spacial score (nSPS) is 30.6. The van der Waals surface area contributed by atoms with E-state index < -0.39 is 0 Å². The van der Waals surface area contributed by atoms with Gasteiger partial charge in [0.05, 0.1) is 19.9 Å². The maximum Gasteiger partial charge on any atom is 0.240 e. The molecule has 1 amide bonds. The predicted octanol–water partition coefficient (Wildman–Crippen LogP) is 4.54. The van der Waals surface area contributed by atoms with E-state index >= 15 is 0 Å². The minimum absolute atomic E-state index is 0.0491. The van der Waals surface area contributed by atoms with Crippen molar-refractivity contribution in [2.45, 2.75) is 58.3 Å². The minimum atomic E-state index is 0.0491. The Hall–Kier alpha value is -2.04. The fourth-order valence-electron chi connectivity index (χ4n) is 6.16. The van der Waals surface area contributed by atoms with E-state index in [4.69, 9.17) is 9.47 Å². The molecular formula is C23H32N2O3. The van der Waals surface area contributed by atoms with Gasteiger partial charge in [-0.1, -0.05) is 6.92 Å². The number of ether oxygens (including phenoxy) is 2. The molecule has 5 heteroatoms. The highest BCUT2D eigenvalue weighted by Crippen LogP contribution is 2.61. The molecule has 4 aliphatic carbocycles. The molecule has 5 rings (SSSR count). The van der Waals surface area contributed by atoms with Gasteiger partial charge in [0.25, 0.3) is 0 Å². The maximum atomic E-state index is 12.5. The van der Waals surface area contributed by atoms with Crippen molar-refractivity contribution in [1.82, 2.24) is 5.43 Å². The SMILES string of the molecule is CCCOc1ccc(C=NNC(=O)CC23CC4CC(CC(C4)C2)C3)cc1OC. The summed E-state index contributed by atoms with van der Waals surface area (Å²) >= 11 is 0. The maximum absolute atomic E-state index is 12.5. The Labute approximate surface area is 167 Å². The molecule has 4 saturated carbocycles. The van der Waals surface area contributed by atoms with Crippen LogP contribution in [0.2, 0.25) is 0 Å². The van der Waals surface area contributed by atoms with Gasteiger partial charge in [0.15, 0.2) is 11.5 Å². The van der Waals surface area contributed by atoms with Crippen molar-refractivity contribution >= 4 is 12.1 Å². The van der Waals surface area contributed by atoms with Gasteiger partial charge in [-0.3, -0.25) is 4.79 Å². The van der Waals surface area contributed by atoms with Crippen LogP contribution >= 0.6 is 0 Å². The van der Waals surface area contributed by atoms with E-state index in [1.54, 1.807) is 13.3 Å². The predicted molar refractivity (Wildman–Crippen MR) is 110 cm³/mol. The molecule has 0 spiro atoms. The van der Waals surface area contributed by atoms with Crippen LogP contribution in [0.1, 0.15) is 63.9 Å². The lowest BCUT2D eigenvalue weighted by atomic mass is 9.49. The molecule has 0 aliphatic heterocycles. The number of carbonyl (C=O) groups is 1. The van der Waals surface area contributed by atoms with Crippen LogP contribution in [-0.4, -0.2) is 25.8 Å². The van der Waals surface area contributed by atoms with Crippen LogP contribution < -0.4 is 14.9 Å². The van der Waals surface area contributed by atoms with E-state index in [1.807, 2.05) is 18.2 Å². The molecule has 0 unspecified atom stereocenters. The van der Waals surface area contributed by atoms with Crippen molar-refractivity contribution in [2.75, 3.05) is 13.7 Å². The van der Waals surface area contributed by atoms with Gasteiger partial charge in [-0.25, -0.2) is 5.43 Å². The van der Waals surface area contributed by atoms with E-state index in [1.165, 1.54) is 38.5 Å². The minimum Gasteiger partial charge on any atom is -0.493 e. The van der Waals surface area contributed by atoms with Gasteiger partial charge in [0, 0.05) is 6.42 Å². The van der Waals surface area contributed by atoms with E-state index in [2.05, 4.69) is 17.5 Å². The Kier molecular flexibility index (Phi) is 5.61. The molecule has 28 heavy (non-hydrogen) atoms. The molecular weight excluding hydrogens is 352 g/mol. The molecule has 1 aromatic carbocycles. The Balaban J connectivity index is 1.33. The average Bonchev–Trinajstić information content (AvgIpc) is 2.65. The average molecular weight is 385 g/mol. The zero-order valence-corrected chi connectivity index (χ0v) is 17.1. The summed E-state index contributed by atoms with van der Waals surface area (Å²) in [4.78, 5) is 12.5. The summed E-state index contributed by atoms with van der Waals surface area (Å²) < 4.78 is 11.1. The van der Waals surface area contributed by atoms with E-state index in [0.717, 1.165) is 35.5 Å². The number of methoxy groups -OCH3 is 1. The molecule has 0 aromatic heterocycles. The lowest BCUT2D eigenvalue weighted by Gasteiger charge is -2.56. The summed E-state index contributed by atoms with van der Waals surface area (Å²) in [6.45, 7) is 2.73. The van der Waals surface area contributed by atoms with Gasteiger partial charge in [-0.2, -0.15) is 5.10 Å². The number of benzene rings is 1. The van der Waals surface area contributed by atoms with Crippen LogP contribution in [-0.2, 0) is 4.79 Å².